The molecule has 0 aliphatic carbocycles. The number of amides is 1. The number of hydrogen-bond donors (Lipinski definition) is 1. The van der Waals surface area contributed by atoms with Gasteiger partial charge in [-0.2, -0.15) is 0 Å². The highest BCUT2D eigenvalue weighted by molar-refractivity contribution is 7.09. The minimum Gasteiger partial charge on any atom is -0.497 e. The van der Waals surface area contributed by atoms with Gasteiger partial charge in [-0.15, -0.1) is 11.3 Å². The van der Waals surface area contributed by atoms with Crippen molar-refractivity contribution in [2.45, 2.75) is 12.8 Å². The predicted molar refractivity (Wildman–Crippen MR) is 85.2 cm³/mol. The zero-order valence-electron chi connectivity index (χ0n) is 12.2. The molecule has 0 spiro atoms. The van der Waals surface area contributed by atoms with Gasteiger partial charge in [-0.3, -0.25) is 9.59 Å². The zero-order chi connectivity index (χ0) is 15.8. The van der Waals surface area contributed by atoms with Crippen LogP contribution in [-0.4, -0.2) is 25.6 Å². The highest BCUT2D eigenvalue weighted by atomic mass is 32.1. The van der Waals surface area contributed by atoms with E-state index in [0.29, 0.717) is 17.9 Å². The zero-order valence-corrected chi connectivity index (χ0v) is 13.0. The van der Waals surface area contributed by atoms with Gasteiger partial charge in [-0.1, -0.05) is 12.1 Å². The van der Waals surface area contributed by atoms with Gasteiger partial charge in [0.25, 0.3) is 5.91 Å². The molecule has 2 rings (SSSR count). The summed E-state index contributed by atoms with van der Waals surface area (Å²) in [5.74, 6) is -0.113. The van der Waals surface area contributed by atoms with Gasteiger partial charge in [0.2, 0.25) is 0 Å². The third-order valence-corrected chi connectivity index (χ3v) is 3.81. The Hall–Kier alpha value is -2.34. The lowest BCUT2D eigenvalue weighted by atomic mass is 10.3. The molecule has 1 N–H and O–H groups in total. The van der Waals surface area contributed by atoms with Crippen LogP contribution in [-0.2, 0) is 20.7 Å². The predicted octanol–water partition coefficient (Wildman–Crippen LogP) is 2.87. The first kappa shape index (κ1) is 16.0. The number of rotatable bonds is 7. The van der Waals surface area contributed by atoms with Crippen molar-refractivity contribution in [1.29, 1.82) is 0 Å². The van der Waals surface area contributed by atoms with E-state index < -0.39 is 0 Å². The van der Waals surface area contributed by atoms with Crippen molar-refractivity contribution in [3.63, 3.8) is 0 Å². The number of aryl methyl sites for hydroxylation is 1. The van der Waals surface area contributed by atoms with Gasteiger partial charge in [0.05, 0.1) is 13.5 Å². The summed E-state index contributed by atoms with van der Waals surface area (Å²) in [6.07, 6.45) is 0.904. The molecule has 1 aromatic carbocycles. The number of carbonyl (C=O) groups excluding carboxylic acids is 2. The smallest absolute Gasteiger partial charge is 0.306 e. The molecule has 0 radical (unpaired) electrons. The van der Waals surface area contributed by atoms with E-state index in [1.165, 1.54) is 0 Å². The fraction of sp³-hybridized carbons (Fsp3) is 0.250. The van der Waals surface area contributed by atoms with Gasteiger partial charge < -0.3 is 14.8 Å². The van der Waals surface area contributed by atoms with Gasteiger partial charge in [0.15, 0.2) is 6.61 Å². The molecular weight excluding hydrogens is 302 g/mol. The molecule has 0 fully saturated rings. The minimum absolute atomic E-state index is 0.271. The van der Waals surface area contributed by atoms with E-state index in [9.17, 15) is 9.59 Å². The Balaban J connectivity index is 1.71. The largest absolute Gasteiger partial charge is 0.497 e. The second kappa shape index (κ2) is 8.19. The maximum absolute atomic E-state index is 11.7. The molecule has 0 saturated carbocycles. The van der Waals surface area contributed by atoms with E-state index in [1.54, 1.807) is 42.7 Å². The minimum atomic E-state index is -0.380. The van der Waals surface area contributed by atoms with Crippen LogP contribution < -0.4 is 10.1 Å². The van der Waals surface area contributed by atoms with Crippen LogP contribution >= 0.6 is 11.3 Å². The van der Waals surface area contributed by atoms with Crippen LogP contribution in [0.3, 0.4) is 0 Å². The van der Waals surface area contributed by atoms with Crippen LogP contribution in [0.1, 0.15) is 11.3 Å². The van der Waals surface area contributed by atoms with Gasteiger partial charge in [0.1, 0.15) is 5.75 Å². The number of carbonyl (C=O) groups is 2. The van der Waals surface area contributed by atoms with Gasteiger partial charge >= 0.3 is 5.97 Å². The van der Waals surface area contributed by atoms with Crippen LogP contribution in [0.4, 0.5) is 5.69 Å². The maximum Gasteiger partial charge on any atom is 0.306 e. The lowest BCUT2D eigenvalue weighted by Crippen LogP contribution is -2.21. The SMILES string of the molecule is COc1cccc(NC(=O)COC(=O)CCc2cccs2)c1. The number of esters is 1. The highest BCUT2D eigenvalue weighted by Gasteiger charge is 2.09. The molecule has 1 aromatic heterocycles. The van der Waals surface area contributed by atoms with Crippen LogP contribution in [0.2, 0.25) is 0 Å². The summed E-state index contributed by atoms with van der Waals surface area (Å²) in [5.41, 5.74) is 0.596. The molecule has 116 valence electrons. The fourth-order valence-electron chi connectivity index (χ4n) is 1.80. The molecule has 0 aliphatic heterocycles. The fourth-order valence-corrected chi connectivity index (χ4v) is 2.51. The summed E-state index contributed by atoms with van der Waals surface area (Å²) in [6.45, 7) is -0.291. The Morgan fingerprint density at radius 1 is 1.23 bits per heavy atom. The first-order valence-corrected chi connectivity index (χ1v) is 7.67. The molecule has 0 bridgehead atoms. The third-order valence-electron chi connectivity index (χ3n) is 2.87. The second-order valence-corrected chi connectivity index (χ2v) is 5.55. The summed E-state index contributed by atoms with van der Waals surface area (Å²) < 4.78 is 10.0. The van der Waals surface area contributed by atoms with Gasteiger partial charge in [0, 0.05) is 16.6 Å². The van der Waals surface area contributed by atoms with Crippen molar-refractivity contribution in [3.8, 4) is 5.75 Å². The monoisotopic (exact) mass is 319 g/mol. The van der Waals surface area contributed by atoms with Crippen molar-refractivity contribution >= 4 is 28.9 Å². The molecule has 1 heterocycles. The lowest BCUT2D eigenvalue weighted by Gasteiger charge is -2.07. The summed E-state index contributed by atoms with van der Waals surface area (Å²) in [4.78, 5) is 24.4. The number of ether oxygens (including phenoxy) is 2. The molecular formula is C16H17NO4S. The maximum atomic E-state index is 11.7. The standard InChI is InChI=1S/C16H17NO4S/c1-20-13-5-2-4-12(10-13)17-15(18)11-21-16(19)8-7-14-6-3-9-22-14/h2-6,9-10H,7-8,11H2,1H3,(H,17,18). The molecule has 0 unspecified atom stereocenters. The van der Waals surface area contributed by atoms with Crippen molar-refractivity contribution in [3.05, 3.63) is 46.7 Å². The Labute approximate surface area is 132 Å². The van der Waals surface area contributed by atoms with Crippen molar-refractivity contribution in [2.24, 2.45) is 0 Å². The molecule has 0 aliphatic rings. The van der Waals surface area contributed by atoms with Gasteiger partial charge in [-0.05, 0) is 30.0 Å². The number of hydrogen-bond acceptors (Lipinski definition) is 5. The van der Waals surface area contributed by atoms with E-state index in [2.05, 4.69) is 5.32 Å². The summed E-state index contributed by atoms with van der Waals surface area (Å²) in [7, 11) is 1.55. The number of methoxy groups -OCH3 is 1. The van der Waals surface area contributed by atoms with E-state index in [4.69, 9.17) is 9.47 Å². The molecule has 6 heteroatoms. The topological polar surface area (TPSA) is 64.6 Å². The van der Waals surface area contributed by atoms with Crippen LogP contribution in [0.5, 0.6) is 5.75 Å². The number of nitrogens with one attached hydrogen (secondary N) is 1. The Morgan fingerprint density at radius 2 is 2.09 bits per heavy atom. The van der Waals surface area contributed by atoms with Crippen LogP contribution in [0.15, 0.2) is 41.8 Å². The number of thiophene rings is 1. The summed E-state index contributed by atoms with van der Waals surface area (Å²) in [5, 5.41) is 4.61. The molecule has 22 heavy (non-hydrogen) atoms. The lowest BCUT2D eigenvalue weighted by molar-refractivity contribution is -0.147. The van der Waals surface area contributed by atoms with Gasteiger partial charge in [-0.25, -0.2) is 0 Å². The molecule has 5 nitrogen and oxygen atoms in total. The summed E-state index contributed by atoms with van der Waals surface area (Å²) in [6, 6.07) is 10.9. The van der Waals surface area contributed by atoms with Crippen LogP contribution in [0.25, 0.3) is 0 Å². The molecule has 0 atom stereocenters. The van der Waals surface area contributed by atoms with Crippen molar-refractivity contribution < 1.29 is 19.1 Å². The van der Waals surface area contributed by atoms with Crippen LogP contribution in [0, 0.1) is 0 Å². The van der Waals surface area contributed by atoms with E-state index in [-0.39, 0.29) is 24.9 Å². The first-order valence-electron chi connectivity index (χ1n) is 6.79. The average molecular weight is 319 g/mol. The van der Waals surface area contributed by atoms with Crippen molar-refractivity contribution in [2.75, 3.05) is 19.0 Å². The first-order chi connectivity index (χ1) is 10.7. The Kier molecular flexibility index (Phi) is 5.97. The average Bonchev–Trinajstić information content (AvgIpc) is 3.04. The molecule has 0 saturated heterocycles. The number of anilines is 1. The quantitative estimate of drug-likeness (QED) is 0.797. The van der Waals surface area contributed by atoms with E-state index >= 15 is 0 Å². The number of benzene rings is 1. The van der Waals surface area contributed by atoms with E-state index in [1.807, 2.05) is 17.5 Å². The summed E-state index contributed by atoms with van der Waals surface area (Å²) >= 11 is 1.60. The third kappa shape index (κ3) is 5.21. The Bertz CT molecular complexity index is 625. The van der Waals surface area contributed by atoms with E-state index in [0.717, 1.165) is 4.88 Å². The normalized spacial score (nSPS) is 10.0. The van der Waals surface area contributed by atoms with Crippen molar-refractivity contribution in [1.82, 2.24) is 0 Å². The highest BCUT2D eigenvalue weighted by Crippen LogP contribution is 2.16. The Morgan fingerprint density at radius 3 is 2.82 bits per heavy atom. The molecule has 2 aromatic rings. The molecule has 1 amide bonds. The second-order valence-electron chi connectivity index (χ2n) is 4.52.